The molecule has 0 spiro atoms. The Labute approximate surface area is 115 Å². The van der Waals surface area contributed by atoms with Gasteiger partial charge in [-0.15, -0.1) is 0 Å². The summed E-state index contributed by atoms with van der Waals surface area (Å²) < 4.78 is 0. The van der Waals surface area contributed by atoms with E-state index < -0.39 is 0 Å². The van der Waals surface area contributed by atoms with Gasteiger partial charge in [0, 0.05) is 0 Å². The molecular weight excluding hydrogens is 238 g/mol. The molecule has 1 aliphatic carbocycles. The number of hydrogen-bond acceptors (Lipinski definition) is 2. The molecule has 0 radical (unpaired) electrons. The van der Waals surface area contributed by atoms with Crippen LogP contribution < -0.4 is 5.32 Å². The number of hydrogen-bond donors (Lipinski definition) is 2. The molecule has 0 aromatic heterocycles. The summed E-state index contributed by atoms with van der Waals surface area (Å²) in [6.45, 7) is 4.06. The highest BCUT2D eigenvalue weighted by Crippen LogP contribution is 2.18. The standard InChI is InChI=1S/C16H23NO2/c1-11-7-8-12(2)13(9-11)10-16(19)17-14-5-3-4-6-15(14)18/h7-9,14-15,18H,3-6,10H2,1-2H3,(H,17,19)/t14-,15-/m1/s1. The van der Waals surface area contributed by atoms with Gasteiger partial charge in [-0.3, -0.25) is 4.79 Å². The quantitative estimate of drug-likeness (QED) is 0.877. The van der Waals surface area contributed by atoms with E-state index >= 15 is 0 Å². The van der Waals surface area contributed by atoms with E-state index in [4.69, 9.17) is 0 Å². The number of nitrogens with one attached hydrogen (secondary N) is 1. The van der Waals surface area contributed by atoms with Crippen LogP contribution in [0.1, 0.15) is 42.4 Å². The molecule has 2 N–H and O–H groups in total. The van der Waals surface area contributed by atoms with Crippen molar-refractivity contribution in [2.24, 2.45) is 0 Å². The Morgan fingerprint density at radius 2 is 2.05 bits per heavy atom. The third-order valence-corrected chi connectivity index (χ3v) is 3.93. The van der Waals surface area contributed by atoms with Gasteiger partial charge in [0.2, 0.25) is 5.91 Å². The van der Waals surface area contributed by atoms with Crippen LogP contribution in [0.5, 0.6) is 0 Å². The average molecular weight is 261 g/mol. The van der Waals surface area contributed by atoms with Crippen LogP contribution in [-0.4, -0.2) is 23.2 Å². The molecule has 0 saturated heterocycles. The van der Waals surface area contributed by atoms with Crippen molar-refractivity contribution in [2.45, 2.75) is 58.1 Å². The summed E-state index contributed by atoms with van der Waals surface area (Å²) in [4.78, 5) is 12.1. The molecule has 2 atom stereocenters. The summed E-state index contributed by atoms with van der Waals surface area (Å²) >= 11 is 0. The number of amides is 1. The van der Waals surface area contributed by atoms with Crippen molar-refractivity contribution in [1.29, 1.82) is 0 Å². The van der Waals surface area contributed by atoms with Crippen LogP contribution in [0.15, 0.2) is 18.2 Å². The fraction of sp³-hybridized carbons (Fsp3) is 0.562. The molecule has 0 bridgehead atoms. The maximum Gasteiger partial charge on any atom is 0.224 e. The molecule has 1 saturated carbocycles. The second-order valence-electron chi connectivity index (χ2n) is 5.63. The Kier molecular flexibility index (Phi) is 4.59. The molecule has 104 valence electrons. The first-order valence-corrected chi connectivity index (χ1v) is 7.10. The molecule has 0 unspecified atom stereocenters. The number of aliphatic hydroxyl groups is 1. The lowest BCUT2D eigenvalue weighted by molar-refractivity contribution is -0.122. The average Bonchev–Trinajstić information content (AvgIpc) is 2.37. The second kappa shape index (κ2) is 6.20. The molecule has 19 heavy (non-hydrogen) atoms. The summed E-state index contributed by atoms with van der Waals surface area (Å²) in [5.41, 5.74) is 3.39. The molecule has 1 amide bonds. The van der Waals surface area contributed by atoms with Gasteiger partial charge in [0.05, 0.1) is 18.6 Å². The Morgan fingerprint density at radius 1 is 1.32 bits per heavy atom. The largest absolute Gasteiger partial charge is 0.391 e. The van der Waals surface area contributed by atoms with Crippen LogP contribution in [-0.2, 0) is 11.2 Å². The summed E-state index contributed by atoms with van der Waals surface area (Å²) in [7, 11) is 0. The van der Waals surface area contributed by atoms with E-state index in [1.165, 1.54) is 5.56 Å². The van der Waals surface area contributed by atoms with Crippen molar-refractivity contribution in [3.05, 3.63) is 34.9 Å². The second-order valence-corrected chi connectivity index (χ2v) is 5.63. The van der Waals surface area contributed by atoms with Gasteiger partial charge in [-0.2, -0.15) is 0 Å². The lowest BCUT2D eigenvalue weighted by Gasteiger charge is -2.28. The van der Waals surface area contributed by atoms with Crippen LogP contribution in [0.4, 0.5) is 0 Å². The minimum Gasteiger partial charge on any atom is -0.391 e. The van der Waals surface area contributed by atoms with Crippen molar-refractivity contribution in [3.8, 4) is 0 Å². The first kappa shape index (κ1) is 14.1. The van der Waals surface area contributed by atoms with Gasteiger partial charge < -0.3 is 10.4 Å². The highest BCUT2D eigenvalue weighted by molar-refractivity contribution is 5.79. The Morgan fingerprint density at radius 3 is 2.79 bits per heavy atom. The third-order valence-electron chi connectivity index (χ3n) is 3.93. The fourth-order valence-corrected chi connectivity index (χ4v) is 2.70. The lowest BCUT2D eigenvalue weighted by Crippen LogP contribution is -2.45. The predicted molar refractivity (Wildman–Crippen MR) is 76.0 cm³/mol. The molecule has 1 aromatic rings. The molecule has 0 heterocycles. The monoisotopic (exact) mass is 261 g/mol. The first-order valence-electron chi connectivity index (χ1n) is 7.10. The number of carbonyl (C=O) groups excluding carboxylic acids is 1. The topological polar surface area (TPSA) is 49.3 Å². The van der Waals surface area contributed by atoms with E-state index in [0.717, 1.165) is 36.8 Å². The van der Waals surface area contributed by atoms with Gasteiger partial charge in [-0.1, -0.05) is 36.6 Å². The Bertz CT molecular complexity index is 456. The Balaban J connectivity index is 1.95. The van der Waals surface area contributed by atoms with Crippen LogP contribution in [0.2, 0.25) is 0 Å². The molecular formula is C16H23NO2. The number of benzene rings is 1. The molecule has 2 rings (SSSR count). The minimum atomic E-state index is -0.378. The van der Waals surface area contributed by atoms with Crippen LogP contribution in [0.25, 0.3) is 0 Å². The smallest absolute Gasteiger partial charge is 0.224 e. The molecule has 3 nitrogen and oxygen atoms in total. The highest BCUT2D eigenvalue weighted by atomic mass is 16.3. The SMILES string of the molecule is Cc1ccc(C)c(CC(=O)N[C@@H]2CCCC[C@H]2O)c1. The zero-order chi connectivity index (χ0) is 13.8. The van der Waals surface area contributed by atoms with E-state index in [-0.39, 0.29) is 18.1 Å². The number of aliphatic hydroxyl groups excluding tert-OH is 1. The summed E-state index contributed by atoms with van der Waals surface area (Å²) in [6, 6.07) is 6.10. The van der Waals surface area contributed by atoms with Gasteiger partial charge in [-0.05, 0) is 37.8 Å². The summed E-state index contributed by atoms with van der Waals surface area (Å²) in [5.74, 6) is 0.0136. The molecule has 1 aliphatic rings. The van der Waals surface area contributed by atoms with Crippen LogP contribution in [0.3, 0.4) is 0 Å². The van der Waals surface area contributed by atoms with Gasteiger partial charge in [-0.25, -0.2) is 0 Å². The van der Waals surface area contributed by atoms with Crippen molar-refractivity contribution in [2.75, 3.05) is 0 Å². The fourth-order valence-electron chi connectivity index (χ4n) is 2.70. The van der Waals surface area contributed by atoms with Gasteiger partial charge >= 0.3 is 0 Å². The lowest BCUT2D eigenvalue weighted by atomic mass is 9.92. The third kappa shape index (κ3) is 3.80. The van der Waals surface area contributed by atoms with E-state index in [1.807, 2.05) is 19.9 Å². The molecule has 1 aromatic carbocycles. The maximum absolute atomic E-state index is 12.1. The van der Waals surface area contributed by atoms with Gasteiger partial charge in [0.25, 0.3) is 0 Å². The first-order chi connectivity index (χ1) is 9.06. The zero-order valence-electron chi connectivity index (χ0n) is 11.8. The van der Waals surface area contributed by atoms with E-state index in [0.29, 0.717) is 6.42 Å². The van der Waals surface area contributed by atoms with Crippen molar-refractivity contribution in [3.63, 3.8) is 0 Å². The van der Waals surface area contributed by atoms with Gasteiger partial charge in [0.15, 0.2) is 0 Å². The van der Waals surface area contributed by atoms with Gasteiger partial charge in [0.1, 0.15) is 0 Å². The van der Waals surface area contributed by atoms with Crippen molar-refractivity contribution in [1.82, 2.24) is 5.32 Å². The zero-order valence-corrected chi connectivity index (χ0v) is 11.8. The summed E-state index contributed by atoms with van der Waals surface area (Å²) in [6.07, 6.45) is 3.86. The molecule has 3 heteroatoms. The minimum absolute atomic E-state index is 0.0136. The number of aryl methyl sites for hydroxylation is 2. The number of carbonyl (C=O) groups is 1. The Hall–Kier alpha value is -1.35. The number of rotatable bonds is 3. The van der Waals surface area contributed by atoms with E-state index in [1.54, 1.807) is 0 Å². The van der Waals surface area contributed by atoms with Crippen LogP contribution >= 0.6 is 0 Å². The van der Waals surface area contributed by atoms with Crippen molar-refractivity contribution >= 4 is 5.91 Å². The predicted octanol–water partition coefficient (Wildman–Crippen LogP) is 2.27. The van der Waals surface area contributed by atoms with Crippen LogP contribution in [0, 0.1) is 13.8 Å². The molecule has 1 fully saturated rings. The normalized spacial score (nSPS) is 23.1. The van der Waals surface area contributed by atoms with Crippen molar-refractivity contribution < 1.29 is 9.90 Å². The highest BCUT2D eigenvalue weighted by Gasteiger charge is 2.24. The van der Waals surface area contributed by atoms with E-state index in [2.05, 4.69) is 17.4 Å². The maximum atomic E-state index is 12.1. The molecule has 0 aliphatic heterocycles. The van der Waals surface area contributed by atoms with E-state index in [9.17, 15) is 9.90 Å². The summed E-state index contributed by atoms with van der Waals surface area (Å²) in [5, 5.41) is 12.8.